The summed E-state index contributed by atoms with van der Waals surface area (Å²) in [4.78, 5) is 6.79. The standard InChI is InChI=1S/C12H13ClN2OS/c1-7-4-8(13)5-10-11(7)14-12(17-10)15-3-2-9(16)6-15/h4-5,9,16H,2-3,6H2,1H3. The van der Waals surface area contributed by atoms with Gasteiger partial charge in [0.15, 0.2) is 5.13 Å². The van der Waals surface area contributed by atoms with Gasteiger partial charge in [0.05, 0.1) is 16.3 Å². The zero-order chi connectivity index (χ0) is 12.0. The molecule has 1 aromatic heterocycles. The number of fused-ring (bicyclic) bond motifs is 1. The van der Waals surface area contributed by atoms with Gasteiger partial charge in [0.1, 0.15) is 0 Å². The van der Waals surface area contributed by atoms with Gasteiger partial charge in [-0.15, -0.1) is 0 Å². The monoisotopic (exact) mass is 268 g/mol. The lowest BCUT2D eigenvalue weighted by atomic mass is 10.2. The summed E-state index contributed by atoms with van der Waals surface area (Å²) in [5.41, 5.74) is 2.13. The minimum Gasteiger partial charge on any atom is -0.391 e. The first kappa shape index (κ1) is 11.3. The average molecular weight is 269 g/mol. The molecule has 1 saturated heterocycles. The van der Waals surface area contributed by atoms with E-state index in [-0.39, 0.29) is 6.10 Å². The largest absolute Gasteiger partial charge is 0.391 e. The maximum atomic E-state index is 9.55. The topological polar surface area (TPSA) is 36.4 Å². The van der Waals surface area contributed by atoms with E-state index < -0.39 is 0 Å². The van der Waals surface area contributed by atoms with Crippen LogP contribution in [0.4, 0.5) is 5.13 Å². The van der Waals surface area contributed by atoms with Crippen LogP contribution in [0.15, 0.2) is 12.1 Å². The number of anilines is 1. The third kappa shape index (κ3) is 2.01. The number of nitrogens with zero attached hydrogens (tertiary/aromatic N) is 2. The molecular weight excluding hydrogens is 256 g/mol. The molecule has 0 spiro atoms. The van der Waals surface area contributed by atoms with E-state index in [2.05, 4.69) is 9.88 Å². The highest BCUT2D eigenvalue weighted by atomic mass is 35.5. The second kappa shape index (κ2) is 4.12. The molecule has 0 amide bonds. The first-order valence-corrected chi connectivity index (χ1v) is 6.82. The van der Waals surface area contributed by atoms with Crippen molar-refractivity contribution in [2.75, 3.05) is 18.0 Å². The van der Waals surface area contributed by atoms with Crippen LogP contribution < -0.4 is 4.90 Å². The quantitative estimate of drug-likeness (QED) is 0.864. The Bertz CT molecular complexity index is 569. The molecule has 1 aliphatic rings. The van der Waals surface area contributed by atoms with Crippen LogP contribution >= 0.6 is 22.9 Å². The Kier molecular flexibility index (Phi) is 2.73. The molecule has 2 aromatic rings. The SMILES string of the molecule is Cc1cc(Cl)cc2sc(N3CCC(O)C3)nc12. The van der Waals surface area contributed by atoms with E-state index in [9.17, 15) is 5.11 Å². The highest BCUT2D eigenvalue weighted by Gasteiger charge is 2.23. The molecule has 90 valence electrons. The van der Waals surface area contributed by atoms with Crippen molar-refractivity contribution in [3.05, 3.63) is 22.7 Å². The van der Waals surface area contributed by atoms with Crippen LogP contribution in [0.2, 0.25) is 5.02 Å². The van der Waals surface area contributed by atoms with Crippen LogP contribution in [0.3, 0.4) is 0 Å². The summed E-state index contributed by atoms with van der Waals surface area (Å²) < 4.78 is 1.12. The smallest absolute Gasteiger partial charge is 0.186 e. The van der Waals surface area contributed by atoms with Gasteiger partial charge in [-0.1, -0.05) is 22.9 Å². The van der Waals surface area contributed by atoms with Crippen molar-refractivity contribution in [1.82, 2.24) is 4.98 Å². The maximum Gasteiger partial charge on any atom is 0.186 e. The molecule has 0 radical (unpaired) electrons. The second-order valence-corrected chi connectivity index (χ2v) is 5.90. The third-order valence-electron chi connectivity index (χ3n) is 3.07. The molecule has 5 heteroatoms. The van der Waals surface area contributed by atoms with Crippen molar-refractivity contribution in [3.63, 3.8) is 0 Å². The molecule has 0 bridgehead atoms. The number of benzene rings is 1. The Morgan fingerprint density at radius 2 is 2.35 bits per heavy atom. The second-order valence-electron chi connectivity index (χ2n) is 4.45. The van der Waals surface area contributed by atoms with Gasteiger partial charge < -0.3 is 10.0 Å². The molecule has 3 nitrogen and oxygen atoms in total. The zero-order valence-corrected chi connectivity index (χ0v) is 11.1. The number of rotatable bonds is 1. The van der Waals surface area contributed by atoms with Gasteiger partial charge in [-0.3, -0.25) is 0 Å². The van der Waals surface area contributed by atoms with Crippen molar-refractivity contribution in [2.45, 2.75) is 19.4 Å². The molecule has 2 heterocycles. The van der Waals surface area contributed by atoms with E-state index in [0.29, 0.717) is 6.54 Å². The normalized spacial score (nSPS) is 20.4. The fraction of sp³-hybridized carbons (Fsp3) is 0.417. The number of halogens is 1. The number of hydrogen-bond donors (Lipinski definition) is 1. The molecule has 1 aliphatic heterocycles. The summed E-state index contributed by atoms with van der Waals surface area (Å²) in [6.07, 6.45) is 0.613. The van der Waals surface area contributed by atoms with Gasteiger partial charge in [-0.2, -0.15) is 0 Å². The molecule has 1 aromatic carbocycles. The van der Waals surface area contributed by atoms with Crippen LogP contribution in [0.1, 0.15) is 12.0 Å². The number of aromatic nitrogens is 1. The predicted molar refractivity (Wildman–Crippen MR) is 72.2 cm³/mol. The van der Waals surface area contributed by atoms with Crippen LogP contribution in [0.25, 0.3) is 10.2 Å². The van der Waals surface area contributed by atoms with Crippen molar-refractivity contribution in [2.24, 2.45) is 0 Å². The summed E-state index contributed by atoms with van der Waals surface area (Å²) in [6.45, 7) is 3.59. The third-order valence-corrected chi connectivity index (χ3v) is 4.35. The molecule has 0 saturated carbocycles. The van der Waals surface area contributed by atoms with E-state index in [4.69, 9.17) is 11.6 Å². The predicted octanol–water partition coefficient (Wildman–Crippen LogP) is 2.83. The van der Waals surface area contributed by atoms with Crippen LogP contribution in [-0.2, 0) is 0 Å². The number of β-amino-alcohol motifs (C(OH)–C–C–N with tert-alkyl or cyclic N) is 1. The van der Waals surface area contributed by atoms with Crippen molar-refractivity contribution in [1.29, 1.82) is 0 Å². The number of aliphatic hydroxyl groups is 1. The Labute approximate surface area is 109 Å². The minimum absolute atomic E-state index is 0.216. The molecule has 1 atom stereocenters. The van der Waals surface area contributed by atoms with Gasteiger partial charge >= 0.3 is 0 Å². The van der Waals surface area contributed by atoms with E-state index in [0.717, 1.165) is 38.9 Å². The van der Waals surface area contributed by atoms with Gasteiger partial charge in [0.25, 0.3) is 0 Å². The first-order chi connectivity index (χ1) is 8.13. The molecule has 1 fully saturated rings. The summed E-state index contributed by atoms with van der Waals surface area (Å²) in [7, 11) is 0. The van der Waals surface area contributed by atoms with Crippen molar-refractivity contribution < 1.29 is 5.11 Å². The number of hydrogen-bond acceptors (Lipinski definition) is 4. The van der Waals surface area contributed by atoms with Crippen molar-refractivity contribution >= 4 is 38.3 Å². The van der Waals surface area contributed by atoms with E-state index in [1.165, 1.54) is 0 Å². The lowest BCUT2D eigenvalue weighted by Gasteiger charge is -2.12. The fourth-order valence-electron chi connectivity index (χ4n) is 2.19. The fourth-order valence-corrected chi connectivity index (χ4v) is 3.65. The number of thiazole rings is 1. The summed E-state index contributed by atoms with van der Waals surface area (Å²) in [5, 5.41) is 11.3. The zero-order valence-electron chi connectivity index (χ0n) is 9.48. The van der Waals surface area contributed by atoms with Crippen molar-refractivity contribution in [3.8, 4) is 0 Å². The number of aryl methyl sites for hydroxylation is 1. The lowest BCUT2D eigenvalue weighted by molar-refractivity contribution is 0.198. The molecule has 0 aliphatic carbocycles. The summed E-state index contributed by atoms with van der Waals surface area (Å²) in [5.74, 6) is 0. The summed E-state index contributed by atoms with van der Waals surface area (Å²) >= 11 is 7.69. The molecular formula is C12H13ClN2OS. The highest BCUT2D eigenvalue weighted by molar-refractivity contribution is 7.22. The van der Waals surface area contributed by atoms with Crippen LogP contribution in [0.5, 0.6) is 0 Å². The minimum atomic E-state index is -0.216. The summed E-state index contributed by atoms with van der Waals surface area (Å²) in [6, 6.07) is 3.89. The van der Waals surface area contributed by atoms with Gasteiger partial charge in [0.2, 0.25) is 0 Å². The average Bonchev–Trinajstić information content (AvgIpc) is 2.83. The Morgan fingerprint density at radius 1 is 1.53 bits per heavy atom. The van der Waals surface area contributed by atoms with Gasteiger partial charge in [0, 0.05) is 18.1 Å². The van der Waals surface area contributed by atoms with Crippen LogP contribution in [0, 0.1) is 6.92 Å². The highest BCUT2D eigenvalue weighted by Crippen LogP contribution is 2.34. The maximum absolute atomic E-state index is 9.55. The first-order valence-electron chi connectivity index (χ1n) is 5.63. The van der Waals surface area contributed by atoms with Gasteiger partial charge in [-0.25, -0.2) is 4.98 Å². The van der Waals surface area contributed by atoms with Gasteiger partial charge in [-0.05, 0) is 31.0 Å². The Hall–Kier alpha value is -0.840. The number of aliphatic hydroxyl groups excluding tert-OH is 1. The molecule has 1 unspecified atom stereocenters. The van der Waals surface area contributed by atoms with E-state index in [1.54, 1.807) is 11.3 Å². The van der Waals surface area contributed by atoms with E-state index >= 15 is 0 Å². The van der Waals surface area contributed by atoms with Crippen LogP contribution in [-0.4, -0.2) is 29.3 Å². The Morgan fingerprint density at radius 3 is 3.06 bits per heavy atom. The molecule has 3 rings (SSSR count). The Balaban J connectivity index is 2.04. The molecule has 1 N–H and O–H groups in total. The molecule has 17 heavy (non-hydrogen) atoms. The van der Waals surface area contributed by atoms with E-state index in [1.807, 2.05) is 19.1 Å². The lowest BCUT2D eigenvalue weighted by Crippen LogP contribution is -2.20.